The number of amides is 1. The highest BCUT2D eigenvalue weighted by Gasteiger charge is 2.17. The number of nitrogens with one attached hydrogen (secondary N) is 2. The Bertz CT molecular complexity index is 1230. The van der Waals surface area contributed by atoms with E-state index in [4.69, 9.17) is 0 Å². The van der Waals surface area contributed by atoms with E-state index in [9.17, 15) is 13.2 Å². The van der Waals surface area contributed by atoms with E-state index >= 15 is 0 Å². The van der Waals surface area contributed by atoms with Gasteiger partial charge in [-0.2, -0.15) is 0 Å². The summed E-state index contributed by atoms with van der Waals surface area (Å²) in [5.41, 5.74) is 4.32. The number of hydrogen-bond donors (Lipinski definition) is 2. The second-order valence-electron chi connectivity index (χ2n) is 8.50. The minimum atomic E-state index is -3.76. The predicted molar refractivity (Wildman–Crippen MR) is 134 cm³/mol. The van der Waals surface area contributed by atoms with Crippen LogP contribution in [0, 0.1) is 13.8 Å². The minimum Gasteiger partial charge on any atom is -0.372 e. The molecular formula is C26H29N3O3S. The zero-order valence-corrected chi connectivity index (χ0v) is 19.8. The first kappa shape index (κ1) is 22.9. The number of piperidine rings is 1. The van der Waals surface area contributed by atoms with Gasteiger partial charge in [0, 0.05) is 30.0 Å². The van der Waals surface area contributed by atoms with Crippen molar-refractivity contribution in [3.8, 4) is 0 Å². The molecule has 33 heavy (non-hydrogen) atoms. The van der Waals surface area contributed by atoms with Crippen molar-refractivity contribution in [2.45, 2.75) is 38.0 Å². The molecule has 0 bridgehead atoms. The van der Waals surface area contributed by atoms with Crippen molar-refractivity contribution in [2.24, 2.45) is 0 Å². The molecule has 4 rings (SSSR count). The highest BCUT2D eigenvalue weighted by Crippen LogP contribution is 2.24. The van der Waals surface area contributed by atoms with E-state index in [-0.39, 0.29) is 10.8 Å². The largest absolute Gasteiger partial charge is 0.372 e. The van der Waals surface area contributed by atoms with Crippen LogP contribution in [0.5, 0.6) is 0 Å². The molecule has 0 atom stereocenters. The Morgan fingerprint density at radius 3 is 2.18 bits per heavy atom. The summed E-state index contributed by atoms with van der Waals surface area (Å²) in [5.74, 6) is -0.295. The van der Waals surface area contributed by atoms with Crippen LogP contribution in [-0.4, -0.2) is 27.4 Å². The lowest BCUT2D eigenvalue weighted by molar-refractivity contribution is 0.102. The summed E-state index contributed by atoms with van der Waals surface area (Å²) in [4.78, 5) is 15.4. The van der Waals surface area contributed by atoms with E-state index in [1.54, 1.807) is 49.4 Å². The van der Waals surface area contributed by atoms with Crippen LogP contribution in [-0.2, 0) is 10.0 Å². The second kappa shape index (κ2) is 9.67. The monoisotopic (exact) mass is 463 g/mol. The van der Waals surface area contributed by atoms with Gasteiger partial charge < -0.3 is 10.2 Å². The second-order valence-corrected chi connectivity index (χ2v) is 10.2. The fraction of sp³-hybridized carbons (Fsp3) is 0.269. The van der Waals surface area contributed by atoms with E-state index in [1.807, 2.05) is 31.2 Å². The molecule has 1 heterocycles. The average Bonchev–Trinajstić information content (AvgIpc) is 2.81. The summed E-state index contributed by atoms with van der Waals surface area (Å²) in [5, 5.41) is 2.90. The summed E-state index contributed by atoms with van der Waals surface area (Å²) in [6, 6.07) is 19.5. The fourth-order valence-electron chi connectivity index (χ4n) is 3.91. The van der Waals surface area contributed by atoms with Crippen molar-refractivity contribution in [1.29, 1.82) is 0 Å². The lowest BCUT2D eigenvalue weighted by atomic mass is 10.1. The molecule has 0 saturated carbocycles. The van der Waals surface area contributed by atoms with E-state index < -0.39 is 10.0 Å². The molecular weight excluding hydrogens is 434 g/mol. The van der Waals surface area contributed by atoms with Crippen LogP contribution in [0.2, 0.25) is 0 Å². The summed E-state index contributed by atoms with van der Waals surface area (Å²) in [6.45, 7) is 5.83. The molecule has 1 fully saturated rings. The maximum Gasteiger partial charge on any atom is 0.261 e. The Kier molecular flexibility index (Phi) is 6.70. The fourth-order valence-corrected chi connectivity index (χ4v) is 5.03. The lowest BCUT2D eigenvalue weighted by Gasteiger charge is -2.28. The summed E-state index contributed by atoms with van der Waals surface area (Å²) in [7, 11) is -3.76. The highest BCUT2D eigenvalue weighted by molar-refractivity contribution is 7.92. The normalized spacial score (nSPS) is 14.1. The van der Waals surface area contributed by atoms with Crippen molar-refractivity contribution < 1.29 is 13.2 Å². The molecule has 7 heteroatoms. The third-order valence-electron chi connectivity index (χ3n) is 5.92. The molecule has 1 amide bonds. The molecule has 2 N–H and O–H groups in total. The van der Waals surface area contributed by atoms with Crippen molar-refractivity contribution in [3.63, 3.8) is 0 Å². The van der Waals surface area contributed by atoms with Gasteiger partial charge in [0.2, 0.25) is 0 Å². The maximum atomic E-state index is 12.8. The van der Waals surface area contributed by atoms with Gasteiger partial charge in [-0.1, -0.05) is 23.8 Å². The first-order chi connectivity index (χ1) is 15.8. The van der Waals surface area contributed by atoms with E-state index in [1.165, 1.54) is 19.3 Å². The number of aryl methyl sites for hydroxylation is 2. The first-order valence-electron chi connectivity index (χ1n) is 11.2. The summed E-state index contributed by atoms with van der Waals surface area (Å²) >= 11 is 0. The number of carbonyl (C=O) groups is 1. The third-order valence-corrected chi connectivity index (χ3v) is 7.30. The molecule has 1 aliphatic heterocycles. The molecule has 3 aromatic rings. The Balaban J connectivity index is 1.47. The van der Waals surface area contributed by atoms with Gasteiger partial charge >= 0.3 is 0 Å². The number of carbonyl (C=O) groups excluding carboxylic acids is 1. The van der Waals surface area contributed by atoms with Crippen LogP contribution in [0.25, 0.3) is 0 Å². The van der Waals surface area contributed by atoms with Crippen molar-refractivity contribution in [2.75, 3.05) is 28.0 Å². The zero-order chi connectivity index (χ0) is 23.4. The van der Waals surface area contributed by atoms with E-state index in [2.05, 4.69) is 14.9 Å². The van der Waals surface area contributed by atoms with Gasteiger partial charge in [0.1, 0.15) is 0 Å². The number of rotatable bonds is 6. The number of benzene rings is 3. The van der Waals surface area contributed by atoms with Crippen LogP contribution >= 0.6 is 0 Å². The SMILES string of the molecule is Cc1ccc(S(=O)(=O)Nc2cc(C(=O)Nc3ccc(N4CCCCC4)cc3)ccc2C)cc1. The van der Waals surface area contributed by atoms with Crippen molar-refractivity contribution >= 4 is 33.0 Å². The molecule has 1 aliphatic rings. The Labute approximate surface area is 195 Å². The van der Waals surface area contributed by atoms with Crippen LogP contribution in [0.3, 0.4) is 0 Å². The Morgan fingerprint density at radius 1 is 0.848 bits per heavy atom. The van der Waals surface area contributed by atoms with Crippen molar-refractivity contribution in [1.82, 2.24) is 0 Å². The highest BCUT2D eigenvalue weighted by atomic mass is 32.2. The van der Waals surface area contributed by atoms with Crippen molar-refractivity contribution in [3.05, 3.63) is 83.4 Å². The summed E-state index contributed by atoms with van der Waals surface area (Å²) in [6.07, 6.45) is 3.70. The van der Waals surface area contributed by atoms with E-state index in [0.29, 0.717) is 16.9 Å². The van der Waals surface area contributed by atoms with Gasteiger partial charge in [0.15, 0.2) is 0 Å². The quantitative estimate of drug-likeness (QED) is 0.517. The van der Waals surface area contributed by atoms with Crippen LogP contribution in [0.4, 0.5) is 17.1 Å². The van der Waals surface area contributed by atoms with Gasteiger partial charge in [0.25, 0.3) is 15.9 Å². The molecule has 6 nitrogen and oxygen atoms in total. The minimum absolute atomic E-state index is 0.177. The van der Waals surface area contributed by atoms with Gasteiger partial charge in [0.05, 0.1) is 10.6 Å². The number of sulfonamides is 1. The third kappa shape index (κ3) is 5.54. The smallest absolute Gasteiger partial charge is 0.261 e. The average molecular weight is 464 g/mol. The Hall–Kier alpha value is -3.32. The molecule has 0 radical (unpaired) electrons. The van der Waals surface area contributed by atoms with Gasteiger partial charge in [-0.25, -0.2) is 8.42 Å². The summed E-state index contributed by atoms with van der Waals surface area (Å²) < 4.78 is 28.2. The maximum absolute atomic E-state index is 12.8. The lowest BCUT2D eigenvalue weighted by Crippen LogP contribution is -2.29. The molecule has 172 valence electrons. The van der Waals surface area contributed by atoms with E-state index in [0.717, 1.165) is 29.9 Å². The molecule has 3 aromatic carbocycles. The molecule has 0 aromatic heterocycles. The molecule has 0 aliphatic carbocycles. The van der Waals surface area contributed by atoms with Gasteiger partial charge in [-0.15, -0.1) is 0 Å². The van der Waals surface area contributed by atoms with Crippen LogP contribution in [0.1, 0.15) is 40.7 Å². The number of nitrogens with zero attached hydrogens (tertiary/aromatic N) is 1. The van der Waals surface area contributed by atoms with Gasteiger partial charge in [-0.05, 0) is 87.2 Å². The van der Waals surface area contributed by atoms with Gasteiger partial charge in [-0.3, -0.25) is 9.52 Å². The topological polar surface area (TPSA) is 78.5 Å². The molecule has 0 spiro atoms. The predicted octanol–water partition coefficient (Wildman–Crippen LogP) is 5.35. The van der Waals surface area contributed by atoms with Crippen LogP contribution < -0.4 is 14.9 Å². The van der Waals surface area contributed by atoms with Crippen LogP contribution in [0.15, 0.2) is 71.6 Å². The molecule has 1 saturated heterocycles. The zero-order valence-electron chi connectivity index (χ0n) is 19.0. The number of hydrogen-bond acceptors (Lipinski definition) is 4. The first-order valence-corrected chi connectivity index (χ1v) is 12.7. The standard InChI is InChI=1S/C26H29N3O3S/c1-19-6-14-24(15-7-19)33(31,32)28-25-18-21(9-8-20(25)2)26(30)27-22-10-12-23(13-11-22)29-16-4-3-5-17-29/h6-15,18,28H,3-5,16-17H2,1-2H3,(H,27,30). The Morgan fingerprint density at radius 2 is 1.52 bits per heavy atom. The number of anilines is 3. The molecule has 0 unspecified atom stereocenters.